The van der Waals surface area contributed by atoms with E-state index in [9.17, 15) is 4.79 Å². The van der Waals surface area contributed by atoms with Gasteiger partial charge in [-0.05, 0) is 6.92 Å². The van der Waals surface area contributed by atoms with E-state index in [-0.39, 0.29) is 5.97 Å². The Bertz CT molecular complexity index is 580. The van der Waals surface area contributed by atoms with Gasteiger partial charge in [-0.3, -0.25) is 0 Å². The summed E-state index contributed by atoms with van der Waals surface area (Å²) in [5.41, 5.74) is 2.07. The first-order valence-corrected chi connectivity index (χ1v) is 5.58. The zero-order chi connectivity index (χ0) is 11.9. The van der Waals surface area contributed by atoms with Gasteiger partial charge in [-0.1, -0.05) is 12.7 Å². The molecule has 2 rings (SSSR count). The maximum Gasteiger partial charge on any atom is 0.355 e. The van der Waals surface area contributed by atoms with E-state index in [1.54, 1.807) is 17.4 Å². The minimum absolute atomic E-state index is 0.361. The number of rotatable bonds is 2. The van der Waals surface area contributed by atoms with Crippen molar-refractivity contribution >= 4 is 33.7 Å². The molecule has 0 N–H and O–H groups in total. The van der Waals surface area contributed by atoms with Gasteiger partial charge in [-0.2, -0.15) is 0 Å². The predicted molar refractivity (Wildman–Crippen MR) is 64.8 cm³/mol. The minimum Gasteiger partial charge on any atom is -0.464 e. The average Bonchev–Trinajstić information content (AvgIpc) is 2.75. The summed E-state index contributed by atoms with van der Waals surface area (Å²) < 4.78 is 6.57. The maximum atomic E-state index is 11.7. The number of methoxy groups -OCH3 is 1. The van der Waals surface area contributed by atoms with E-state index >= 15 is 0 Å². The fourth-order valence-electron chi connectivity index (χ4n) is 1.75. The zero-order valence-electron chi connectivity index (χ0n) is 9.40. The van der Waals surface area contributed by atoms with E-state index in [0.29, 0.717) is 5.69 Å². The van der Waals surface area contributed by atoms with Gasteiger partial charge in [0.05, 0.1) is 12.1 Å². The number of fused-ring (bicyclic) bond motifs is 1. The first-order valence-electron chi connectivity index (χ1n) is 4.76. The summed E-state index contributed by atoms with van der Waals surface area (Å²) in [5.74, 6) is -0.361. The van der Waals surface area contributed by atoms with Crippen LogP contribution in [0.1, 0.15) is 21.1 Å². The number of aryl methyl sites for hydroxylation is 2. The third-order valence-electron chi connectivity index (χ3n) is 2.45. The molecule has 2 aromatic heterocycles. The second-order valence-corrected chi connectivity index (χ2v) is 4.59. The lowest BCUT2D eigenvalue weighted by Crippen LogP contribution is -2.08. The fourth-order valence-corrected chi connectivity index (χ4v) is 2.65. The summed E-state index contributed by atoms with van der Waals surface area (Å²) >= 11 is 1.55. The molecule has 0 bridgehead atoms. The molecule has 0 aliphatic carbocycles. The number of hydrogen-bond donors (Lipinski definition) is 0. The molecule has 5 heteroatoms. The van der Waals surface area contributed by atoms with Crippen LogP contribution in [0.3, 0.4) is 0 Å². The van der Waals surface area contributed by atoms with Gasteiger partial charge >= 0.3 is 5.97 Å². The molecule has 0 radical (unpaired) electrons. The van der Waals surface area contributed by atoms with Crippen LogP contribution in [-0.2, 0) is 11.8 Å². The number of thiazole rings is 1. The topological polar surface area (TPSA) is 44.1 Å². The van der Waals surface area contributed by atoms with Crippen LogP contribution in [0.5, 0.6) is 0 Å². The minimum atomic E-state index is -0.361. The zero-order valence-corrected chi connectivity index (χ0v) is 10.2. The van der Waals surface area contributed by atoms with Crippen molar-refractivity contribution in [3.63, 3.8) is 0 Å². The summed E-state index contributed by atoms with van der Waals surface area (Å²) in [6.07, 6.45) is 1.65. The smallest absolute Gasteiger partial charge is 0.355 e. The predicted octanol–water partition coefficient (Wildman–Crippen LogP) is 2.37. The van der Waals surface area contributed by atoms with Crippen molar-refractivity contribution in [2.75, 3.05) is 7.11 Å². The highest BCUT2D eigenvalue weighted by atomic mass is 32.1. The summed E-state index contributed by atoms with van der Waals surface area (Å²) in [5, 5.41) is 0.972. The van der Waals surface area contributed by atoms with Gasteiger partial charge in [0, 0.05) is 12.6 Å². The Hall–Kier alpha value is -1.62. The molecule has 0 saturated heterocycles. The van der Waals surface area contributed by atoms with Gasteiger partial charge in [0.25, 0.3) is 0 Å². The number of ether oxygens (including phenoxy) is 1. The highest BCUT2D eigenvalue weighted by Crippen LogP contribution is 2.30. The molecule has 0 amide bonds. The van der Waals surface area contributed by atoms with Crippen LogP contribution in [0.25, 0.3) is 16.4 Å². The van der Waals surface area contributed by atoms with E-state index in [4.69, 9.17) is 4.74 Å². The summed E-state index contributed by atoms with van der Waals surface area (Å²) in [6.45, 7) is 5.66. The van der Waals surface area contributed by atoms with Crippen LogP contribution >= 0.6 is 11.3 Å². The number of aromatic nitrogens is 2. The average molecular weight is 236 g/mol. The molecule has 0 spiro atoms. The molecular weight excluding hydrogens is 224 g/mol. The first kappa shape index (κ1) is 10.9. The largest absolute Gasteiger partial charge is 0.464 e. The third-order valence-corrected chi connectivity index (χ3v) is 3.50. The van der Waals surface area contributed by atoms with Gasteiger partial charge in [-0.25, -0.2) is 9.78 Å². The van der Waals surface area contributed by atoms with E-state index < -0.39 is 0 Å². The molecular formula is C11H12N2O2S. The molecule has 0 saturated carbocycles. The van der Waals surface area contributed by atoms with Crippen LogP contribution in [0, 0.1) is 6.92 Å². The van der Waals surface area contributed by atoms with Gasteiger partial charge in [0.15, 0.2) is 0 Å². The van der Waals surface area contributed by atoms with Crippen LogP contribution in [-0.4, -0.2) is 22.6 Å². The Morgan fingerprint density at radius 3 is 2.88 bits per heavy atom. The van der Waals surface area contributed by atoms with Crippen LogP contribution in [0.2, 0.25) is 0 Å². The van der Waals surface area contributed by atoms with Gasteiger partial charge in [0.2, 0.25) is 0 Å². The van der Waals surface area contributed by atoms with E-state index in [1.165, 1.54) is 7.11 Å². The standard InChI is InChI=1S/C11H12N2O2S/c1-5-7-8-10(16-6(2)12-8)13(3)9(7)11(14)15-4/h5H,1H2,2-4H3. The molecule has 2 heterocycles. The normalized spacial score (nSPS) is 10.7. The van der Waals surface area contributed by atoms with E-state index in [0.717, 1.165) is 20.9 Å². The van der Waals surface area contributed by atoms with Crippen molar-refractivity contribution in [2.24, 2.45) is 7.05 Å². The second kappa shape index (κ2) is 3.75. The van der Waals surface area contributed by atoms with Gasteiger partial charge < -0.3 is 9.30 Å². The summed E-state index contributed by atoms with van der Waals surface area (Å²) in [6, 6.07) is 0. The molecule has 0 aromatic carbocycles. The third kappa shape index (κ3) is 1.36. The Labute approximate surface area is 97.2 Å². The number of carbonyl (C=O) groups is 1. The van der Waals surface area contributed by atoms with Crippen molar-refractivity contribution in [3.8, 4) is 0 Å². The summed E-state index contributed by atoms with van der Waals surface area (Å²) in [4.78, 5) is 17.0. The number of esters is 1. The number of hydrogen-bond acceptors (Lipinski definition) is 4. The monoisotopic (exact) mass is 236 g/mol. The van der Waals surface area contributed by atoms with Crippen molar-refractivity contribution < 1.29 is 9.53 Å². The lowest BCUT2D eigenvalue weighted by atomic mass is 10.2. The van der Waals surface area contributed by atoms with Crippen LogP contribution in [0.4, 0.5) is 0 Å². The highest BCUT2D eigenvalue weighted by Gasteiger charge is 2.22. The summed E-state index contributed by atoms with van der Waals surface area (Å²) in [7, 11) is 3.20. The van der Waals surface area contributed by atoms with E-state index in [2.05, 4.69) is 11.6 Å². The molecule has 16 heavy (non-hydrogen) atoms. The van der Waals surface area contributed by atoms with Crippen LogP contribution < -0.4 is 0 Å². The molecule has 4 nitrogen and oxygen atoms in total. The molecule has 0 aliphatic heterocycles. The van der Waals surface area contributed by atoms with Crippen molar-refractivity contribution in [3.05, 3.63) is 22.8 Å². The SMILES string of the molecule is C=Cc1c(C(=O)OC)n(C)c2sc(C)nc12. The molecule has 84 valence electrons. The molecule has 0 atom stereocenters. The lowest BCUT2D eigenvalue weighted by molar-refractivity contribution is 0.0590. The van der Waals surface area contributed by atoms with E-state index in [1.807, 2.05) is 18.5 Å². The molecule has 0 aliphatic rings. The Morgan fingerprint density at radius 2 is 2.31 bits per heavy atom. The van der Waals surface area contributed by atoms with Crippen molar-refractivity contribution in [2.45, 2.75) is 6.92 Å². The van der Waals surface area contributed by atoms with Crippen molar-refractivity contribution in [1.29, 1.82) is 0 Å². The van der Waals surface area contributed by atoms with Gasteiger partial charge in [-0.15, -0.1) is 11.3 Å². The first-order chi connectivity index (χ1) is 7.60. The molecule has 2 aromatic rings. The highest BCUT2D eigenvalue weighted by molar-refractivity contribution is 7.18. The van der Waals surface area contributed by atoms with Gasteiger partial charge in [0.1, 0.15) is 16.0 Å². The quantitative estimate of drug-likeness (QED) is 0.752. The fraction of sp³-hybridized carbons (Fsp3) is 0.273. The molecule has 0 unspecified atom stereocenters. The van der Waals surface area contributed by atoms with Crippen molar-refractivity contribution in [1.82, 2.24) is 9.55 Å². The number of carbonyl (C=O) groups excluding carboxylic acids is 1. The maximum absolute atomic E-state index is 11.7. The Balaban J connectivity index is 2.83. The Kier molecular flexibility index (Phi) is 2.55. The van der Waals surface area contributed by atoms with Crippen LogP contribution in [0.15, 0.2) is 6.58 Å². The second-order valence-electron chi connectivity index (χ2n) is 3.40. The lowest BCUT2D eigenvalue weighted by Gasteiger charge is -2.02. The molecule has 0 fully saturated rings. The Morgan fingerprint density at radius 1 is 1.62 bits per heavy atom. The number of nitrogens with zero attached hydrogens (tertiary/aromatic N) is 2.